The molecule has 1 unspecified atom stereocenters. The summed E-state index contributed by atoms with van der Waals surface area (Å²) >= 11 is 5.74. The van der Waals surface area contributed by atoms with Crippen LogP contribution in [0.2, 0.25) is 5.15 Å². The van der Waals surface area contributed by atoms with Crippen molar-refractivity contribution in [3.63, 3.8) is 0 Å². The minimum Gasteiger partial charge on any atom is -0.478 e. The van der Waals surface area contributed by atoms with Crippen LogP contribution in [0.5, 0.6) is 0 Å². The van der Waals surface area contributed by atoms with Gasteiger partial charge in [0.2, 0.25) is 0 Å². The van der Waals surface area contributed by atoms with Crippen LogP contribution in [0.1, 0.15) is 23.7 Å². The van der Waals surface area contributed by atoms with Crippen LogP contribution in [0, 0.1) is 0 Å². The number of rotatable bonds is 6. The van der Waals surface area contributed by atoms with Gasteiger partial charge in [-0.15, -0.1) is 0 Å². The highest BCUT2D eigenvalue weighted by molar-refractivity contribution is 6.29. The molecule has 1 rings (SSSR count). The van der Waals surface area contributed by atoms with E-state index in [0.29, 0.717) is 6.61 Å². The zero-order valence-electron chi connectivity index (χ0n) is 9.74. The molecule has 94 valence electrons. The Balaban J connectivity index is 2.81. The number of methoxy groups -OCH3 is 1. The molecule has 0 bridgehead atoms. The topological polar surface area (TPSA) is 71.5 Å². The Bertz CT molecular complexity index is 398. The van der Waals surface area contributed by atoms with Crippen LogP contribution >= 0.6 is 11.6 Å². The zero-order valence-corrected chi connectivity index (χ0v) is 10.5. The third-order valence-corrected chi connectivity index (χ3v) is 2.44. The zero-order chi connectivity index (χ0) is 12.8. The average molecular weight is 259 g/mol. The predicted molar refractivity (Wildman–Crippen MR) is 65.8 cm³/mol. The molecular formula is C11H15ClN2O3. The molecule has 0 aliphatic carbocycles. The van der Waals surface area contributed by atoms with Gasteiger partial charge in [-0.25, -0.2) is 9.78 Å². The molecule has 0 amide bonds. The van der Waals surface area contributed by atoms with E-state index >= 15 is 0 Å². The number of halogens is 1. The SMILES string of the molecule is COCCC(C)Nc1nc(Cl)ccc1C(=O)O. The van der Waals surface area contributed by atoms with Gasteiger partial charge in [0, 0.05) is 19.8 Å². The molecule has 0 saturated carbocycles. The Morgan fingerprint density at radius 1 is 1.65 bits per heavy atom. The molecule has 0 aliphatic heterocycles. The molecule has 2 N–H and O–H groups in total. The van der Waals surface area contributed by atoms with E-state index in [2.05, 4.69) is 10.3 Å². The molecule has 5 nitrogen and oxygen atoms in total. The third kappa shape index (κ3) is 4.20. The number of aromatic nitrogens is 1. The first-order valence-electron chi connectivity index (χ1n) is 5.20. The molecule has 0 spiro atoms. The molecule has 0 aromatic carbocycles. The van der Waals surface area contributed by atoms with Crippen LogP contribution in [-0.2, 0) is 4.74 Å². The Hall–Kier alpha value is -1.33. The first kappa shape index (κ1) is 13.7. The van der Waals surface area contributed by atoms with Gasteiger partial charge in [-0.3, -0.25) is 0 Å². The quantitative estimate of drug-likeness (QED) is 0.766. The number of carboxylic acid groups (broad SMARTS) is 1. The standard InChI is InChI=1S/C11H15ClN2O3/c1-7(5-6-17-2)13-10-8(11(15)16)3-4-9(12)14-10/h3-4,7H,5-6H2,1-2H3,(H,13,14)(H,15,16). The van der Waals surface area contributed by atoms with Crippen molar-refractivity contribution in [2.24, 2.45) is 0 Å². The smallest absolute Gasteiger partial charge is 0.339 e. The number of aromatic carboxylic acids is 1. The molecular weight excluding hydrogens is 244 g/mol. The maximum absolute atomic E-state index is 11.0. The van der Waals surface area contributed by atoms with E-state index in [1.165, 1.54) is 12.1 Å². The van der Waals surface area contributed by atoms with Crippen molar-refractivity contribution in [2.45, 2.75) is 19.4 Å². The highest BCUT2D eigenvalue weighted by atomic mass is 35.5. The molecule has 1 atom stereocenters. The fraction of sp³-hybridized carbons (Fsp3) is 0.455. The van der Waals surface area contributed by atoms with E-state index in [1.807, 2.05) is 6.92 Å². The van der Waals surface area contributed by atoms with Gasteiger partial charge in [0.05, 0.1) is 0 Å². The van der Waals surface area contributed by atoms with Crippen molar-refractivity contribution < 1.29 is 14.6 Å². The van der Waals surface area contributed by atoms with Crippen molar-refractivity contribution in [3.8, 4) is 0 Å². The number of carbonyl (C=O) groups is 1. The van der Waals surface area contributed by atoms with Gasteiger partial charge >= 0.3 is 5.97 Å². The minimum absolute atomic E-state index is 0.0546. The summed E-state index contributed by atoms with van der Waals surface area (Å²) in [5.74, 6) is -0.746. The van der Waals surface area contributed by atoms with Crippen molar-refractivity contribution in [2.75, 3.05) is 19.0 Å². The summed E-state index contributed by atoms with van der Waals surface area (Å²) in [6.07, 6.45) is 0.754. The molecule has 0 saturated heterocycles. The van der Waals surface area contributed by atoms with Gasteiger partial charge in [0.1, 0.15) is 16.5 Å². The van der Waals surface area contributed by atoms with Gasteiger partial charge in [-0.05, 0) is 25.5 Å². The van der Waals surface area contributed by atoms with Crippen LogP contribution < -0.4 is 5.32 Å². The molecule has 1 aromatic rings. The number of ether oxygens (including phenoxy) is 1. The Kier molecular flexibility index (Phi) is 5.18. The van der Waals surface area contributed by atoms with Crippen LogP contribution in [0.3, 0.4) is 0 Å². The highest BCUT2D eigenvalue weighted by Crippen LogP contribution is 2.18. The number of nitrogens with zero attached hydrogens (tertiary/aromatic N) is 1. The average Bonchev–Trinajstić information content (AvgIpc) is 2.26. The van der Waals surface area contributed by atoms with E-state index in [9.17, 15) is 4.79 Å². The summed E-state index contributed by atoms with van der Waals surface area (Å²) in [4.78, 5) is 15.0. The molecule has 6 heteroatoms. The molecule has 1 aromatic heterocycles. The lowest BCUT2D eigenvalue weighted by Gasteiger charge is -2.15. The molecule has 0 fully saturated rings. The molecule has 0 aliphatic rings. The number of anilines is 1. The molecule has 0 radical (unpaired) electrons. The van der Waals surface area contributed by atoms with Gasteiger partial charge in [-0.1, -0.05) is 11.6 Å². The van der Waals surface area contributed by atoms with Gasteiger partial charge < -0.3 is 15.2 Å². The lowest BCUT2D eigenvalue weighted by molar-refractivity contribution is 0.0697. The first-order chi connectivity index (χ1) is 8.04. The number of pyridine rings is 1. The number of hydrogen-bond acceptors (Lipinski definition) is 4. The van der Waals surface area contributed by atoms with E-state index in [0.717, 1.165) is 6.42 Å². The third-order valence-electron chi connectivity index (χ3n) is 2.23. The fourth-order valence-electron chi connectivity index (χ4n) is 1.32. The minimum atomic E-state index is -1.03. The first-order valence-corrected chi connectivity index (χ1v) is 5.57. The van der Waals surface area contributed by atoms with Crippen LogP contribution in [-0.4, -0.2) is 35.8 Å². The van der Waals surface area contributed by atoms with E-state index in [1.54, 1.807) is 7.11 Å². The number of carboxylic acids is 1. The maximum atomic E-state index is 11.0. The van der Waals surface area contributed by atoms with Crippen LogP contribution in [0.15, 0.2) is 12.1 Å². The summed E-state index contributed by atoms with van der Waals surface area (Å²) in [5.41, 5.74) is 0.110. The second kappa shape index (κ2) is 6.42. The van der Waals surface area contributed by atoms with Gasteiger partial charge in [-0.2, -0.15) is 0 Å². The summed E-state index contributed by atoms with van der Waals surface area (Å²) < 4.78 is 4.95. The summed E-state index contributed by atoms with van der Waals surface area (Å²) in [6.45, 7) is 2.52. The van der Waals surface area contributed by atoms with Crippen molar-refractivity contribution >= 4 is 23.4 Å². The fourth-order valence-corrected chi connectivity index (χ4v) is 1.47. The molecule has 17 heavy (non-hydrogen) atoms. The summed E-state index contributed by atoms with van der Waals surface area (Å²) in [5, 5.41) is 12.3. The van der Waals surface area contributed by atoms with E-state index < -0.39 is 5.97 Å². The maximum Gasteiger partial charge on any atom is 0.339 e. The number of nitrogens with one attached hydrogen (secondary N) is 1. The van der Waals surface area contributed by atoms with Crippen LogP contribution in [0.4, 0.5) is 5.82 Å². The lowest BCUT2D eigenvalue weighted by atomic mass is 10.2. The molecule has 1 heterocycles. The van der Waals surface area contributed by atoms with Crippen molar-refractivity contribution in [1.82, 2.24) is 4.98 Å². The van der Waals surface area contributed by atoms with E-state index in [-0.39, 0.29) is 22.6 Å². The Morgan fingerprint density at radius 2 is 2.35 bits per heavy atom. The second-order valence-electron chi connectivity index (χ2n) is 3.66. The summed E-state index contributed by atoms with van der Waals surface area (Å²) in [6, 6.07) is 2.94. The Morgan fingerprint density at radius 3 is 2.94 bits per heavy atom. The second-order valence-corrected chi connectivity index (χ2v) is 4.05. The predicted octanol–water partition coefficient (Wildman–Crippen LogP) is 2.27. The van der Waals surface area contributed by atoms with Gasteiger partial charge in [0.15, 0.2) is 0 Å². The van der Waals surface area contributed by atoms with Crippen molar-refractivity contribution in [1.29, 1.82) is 0 Å². The normalized spacial score (nSPS) is 12.2. The largest absolute Gasteiger partial charge is 0.478 e. The Labute approximate surface area is 105 Å². The highest BCUT2D eigenvalue weighted by Gasteiger charge is 2.13. The number of hydrogen-bond donors (Lipinski definition) is 2. The van der Waals surface area contributed by atoms with Crippen molar-refractivity contribution in [3.05, 3.63) is 22.8 Å². The van der Waals surface area contributed by atoms with E-state index in [4.69, 9.17) is 21.4 Å². The van der Waals surface area contributed by atoms with Crippen LogP contribution in [0.25, 0.3) is 0 Å². The monoisotopic (exact) mass is 258 g/mol. The lowest BCUT2D eigenvalue weighted by Crippen LogP contribution is -2.20. The summed E-state index contributed by atoms with van der Waals surface area (Å²) in [7, 11) is 1.62. The van der Waals surface area contributed by atoms with Gasteiger partial charge in [0.25, 0.3) is 0 Å².